The van der Waals surface area contributed by atoms with Gasteiger partial charge in [-0.05, 0) is 42.2 Å². The topological polar surface area (TPSA) is 85.3 Å². The van der Waals surface area contributed by atoms with Crippen molar-refractivity contribution in [2.45, 2.75) is 38.9 Å². The molecule has 3 aromatic rings. The normalized spacial score (nSPS) is 26.3. The molecule has 30 heavy (non-hydrogen) atoms. The summed E-state index contributed by atoms with van der Waals surface area (Å²) in [5.41, 5.74) is 9.81. The Morgan fingerprint density at radius 1 is 1.17 bits per heavy atom. The summed E-state index contributed by atoms with van der Waals surface area (Å²) in [6.07, 6.45) is 3.43. The molecule has 1 saturated heterocycles. The molecule has 6 nitrogen and oxygen atoms in total. The second-order valence-electron chi connectivity index (χ2n) is 8.55. The van der Waals surface area contributed by atoms with E-state index in [-0.39, 0.29) is 29.8 Å². The summed E-state index contributed by atoms with van der Waals surface area (Å²) in [7, 11) is 0. The minimum Gasteiger partial charge on any atom is -0.309 e. The largest absolute Gasteiger partial charge is 0.309 e. The molecule has 3 N–H and O–H groups in total. The lowest BCUT2D eigenvalue weighted by atomic mass is 9.83. The minimum atomic E-state index is -0.243. The summed E-state index contributed by atoms with van der Waals surface area (Å²) in [6, 6.07) is 14.8. The number of piperidine rings is 1. The third-order valence-corrected chi connectivity index (χ3v) is 6.65. The monoisotopic (exact) mass is 401 g/mol. The highest BCUT2D eigenvalue weighted by molar-refractivity contribution is 5.95. The average Bonchev–Trinajstić information content (AvgIpc) is 3.20. The predicted octanol–water partition coefficient (Wildman–Crippen LogP) is 3.84. The molecule has 2 aromatic carbocycles. The van der Waals surface area contributed by atoms with Gasteiger partial charge in [0.15, 0.2) is 5.82 Å². The third kappa shape index (κ3) is 3.16. The van der Waals surface area contributed by atoms with Crippen LogP contribution in [0, 0.1) is 11.8 Å². The molecular formula is C24H27N5O. The van der Waals surface area contributed by atoms with Gasteiger partial charge in [-0.15, -0.1) is 0 Å². The van der Waals surface area contributed by atoms with Crippen molar-refractivity contribution in [3.05, 3.63) is 48.7 Å². The van der Waals surface area contributed by atoms with Crippen LogP contribution in [0.25, 0.3) is 21.9 Å². The number of carbonyl (C=O) groups is 1. The number of Topliss-reactive ketones (excluding diaryl/α,β-unsaturated/α-hetero) is 1. The molecule has 0 saturated carbocycles. The van der Waals surface area contributed by atoms with Crippen molar-refractivity contribution in [3.8, 4) is 11.1 Å². The summed E-state index contributed by atoms with van der Waals surface area (Å²) in [4.78, 5) is 16.8. The summed E-state index contributed by atoms with van der Waals surface area (Å²) < 4.78 is 1.85. The van der Waals surface area contributed by atoms with Crippen LogP contribution in [0.3, 0.4) is 0 Å². The number of aromatic nitrogens is 2. The number of benzene rings is 2. The molecule has 4 unspecified atom stereocenters. The molecule has 2 aliphatic rings. The van der Waals surface area contributed by atoms with E-state index in [2.05, 4.69) is 59.8 Å². The molecular weight excluding hydrogens is 374 g/mol. The Bertz CT molecular complexity index is 1140. The first-order chi connectivity index (χ1) is 14.5. The number of fused-ring (bicyclic) bond motifs is 2. The molecule has 0 bridgehead atoms. The van der Waals surface area contributed by atoms with Crippen LogP contribution in [0.2, 0.25) is 0 Å². The van der Waals surface area contributed by atoms with Crippen LogP contribution in [-0.4, -0.2) is 33.9 Å². The lowest BCUT2D eigenvalue weighted by Gasteiger charge is -2.35. The molecule has 5 rings (SSSR count). The second-order valence-corrected chi connectivity index (χ2v) is 8.55. The zero-order valence-electron chi connectivity index (χ0n) is 17.4. The molecule has 0 amide bonds. The van der Waals surface area contributed by atoms with Gasteiger partial charge in [-0.2, -0.15) is 5.10 Å². The molecule has 6 heteroatoms. The van der Waals surface area contributed by atoms with Crippen LogP contribution in [0.4, 0.5) is 5.82 Å². The third-order valence-electron chi connectivity index (χ3n) is 6.65. The van der Waals surface area contributed by atoms with Crippen molar-refractivity contribution in [3.63, 3.8) is 0 Å². The van der Waals surface area contributed by atoms with Crippen molar-refractivity contribution in [2.75, 3.05) is 6.54 Å². The highest BCUT2D eigenvalue weighted by Gasteiger charge is 2.35. The Morgan fingerprint density at radius 2 is 1.97 bits per heavy atom. The van der Waals surface area contributed by atoms with Crippen molar-refractivity contribution in [2.24, 2.45) is 22.6 Å². The second kappa shape index (κ2) is 7.45. The van der Waals surface area contributed by atoms with Gasteiger partial charge in [-0.3, -0.25) is 4.79 Å². The molecule has 0 aliphatic carbocycles. The van der Waals surface area contributed by atoms with Gasteiger partial charge in [0.05, 0.1) is 12.2 Å². The summed E-state index contributed by atoms with van der Waals surface area (Å²) in [5, 5.41) is 10.4. The maximum atomic E-state index is 11.7. The standard InChI is InChI=1S/C24H27N5O/c1-14-22(19-9-10-21(15(2)30)26-12-19)28-24-20(13-27-29(24)23(14)25)18-8-7-16-5-3-4-6-17(16)11-18/h3-8,11,13-14,19,21,23,26H,9-10,12,25H2,1-2H3. The molecule has 2 aliphatic heterocycles. The molecule has 1 aromatic heterocycles. The number of carbonyl (C=O) groups excluding carboxylic acids is 1. The van der Waals surface area contributed by atoms with Gasteiger partial charge >= 0.3 is 0 Å². The maximum Gasteiger partial charge on any atom is 0.159 e. The van der Waals surface area contributed by atoms with Crippen LogP contribution in [0.5, 0.6) is 0 Å². The molecule has 3 heterocycles. The Hall–Kier alpha value is -2.83. The van der Waals surface area contributed by atoms with Crippen LogP contribution in [-0.2, 0) is 4.79 Å². The number of nitrogens with two attached hydrogens (primary N) is 1. The fourth-order valence-corrected chi connectivity index (χ4v) is 4.78. The first-order valence-corrected chi connectivity index (χ1v) is 10.7. The van der Waals surface area contributed by atoms with Gasteiger partial charge in [0.25, 0.3) is 0 Å². The molecule has 1 fully saturated rings. The van der Waals surface area contributed by atoms with Crippen LogP contribution in [0.15, 0.2) is 53.7 Å². The number of aliphatic imine (C=N–C) groups is 1. The van der Waals surface area contributed by atoms with Gasteiger partial charge in [-0.25, -0.2) is 9.67 Å². The van der Waals surface area contributed by atoms with Gasteiger partial charge in [0, 0.05) is 29.7 Å². The lowest BCUT2D eigenvalue weighted by molar-refractivity contribution is -0.119. The zero-order chi connectivity index (χ0) is 20.8. The van der Waals surface area contributed by atoms with E-state index >= 15 is 0 Å². The van der Waals surface area contributed by atoms with E-state index in [1.54, 1.807) is 6.92 Å². The quantitative estimate of drug-likeness (QED) is 0.698. The van der Waals surface area contributed by atoms with E-state index in [1.807, 2.05) is 10.9 Å². The lowest BCUT2D eigenvalue weighted by Crippen LogP contribution is -2.48. The van der Waals surface area contributed by atoms with Crippen molar-refractivity contribution in [1.29, 1.82) is 0 Å². The fraction of sp³-hybridized carbons (Fsp3) is 0.375. The van der Waals surface area contributed by atoms with E-state index in [0.717, 1.165) is 42.0 Å². The van der Waals surface area contributed by atoms with Crippen molar-refractivity contribution in [1.82, 2.24) is 15.1 Å². The highest BCUT2D eigenvalue weighted by Crippen LogP contribution is 2.39. The van der Waals surface area contributed by atoms with Crippen molar-refractivity contribution < 1.29 is 4.79 Å². The Balaban J connectivity index is 1.52. The minimum absolute atomic E-state index is 0.0342. The van der Waals surface area contributed by atoms with Gasteiger partial charge < -0.3 is 11.1 Å². The van der Waals surface area contributed by atoms with E-state index in [1.165, 1.54) is 10.8 Å². The number of hydrogen-bond donors (Lipinski definition) is 2. The number of rotatable bonds is 3. The molecule has 0 radical (unpaired) electrons. The summed E-state index contributed by atoms with van der Waals surface area (Å²) >= 11 is 0. The number of nitrogens with zero attached hydrogens (tertiary/aromatic N) is 3. The molecule has 154 valence electrons. The van der Waals surface area contributed by atoms with E-state index < -0.39 is 0 Å². The van der Waals surface area contributed by atoms with Crippen LogP contribution >= 0.6 is 0 Å². The van der Waals surface area contributed by atoms with E-state index in [4.69, 9.17) is 10.7 Å². The Morgan fingerprint density at radius 3 is 2.70 bits per heavy atom. The fourth-order valence-electron chi connectivity index (χ4n) is 4.78. The smallest absolute Gasteiger partial charge is 0.159 e. The van der Waals surface area contributed by atoms with Gasteiger partial charge in [-0.1, -0.05) is 43.3 Å². The first-order valence-electron chi connectivity index (χ1n) is 10.7. The van der Waals surface area contributed by atoms with Crippen molar-refractivity contribution >= 4 is 28.1 Å². The highest BCUT2D eigenvalue weighted by atomic mass is 16.1. The van der Waals surface area contributed by atoms with Gasteiger partial charge in [0.2, 0.25) is 0 Å². The number of ketones is 1. The van der Waals surface area contributed by atoms with Gasteiger partial charge in [0.1, 0.15) is 11.9 Å². The number of hydrogen-bond acceptors (Lipinski definition) is 5. The maximum absolute atomic E-state index is 11.7. The molecule has 4 atom stereocenters. The zero-order valence-corrected chi connectivity index (χ0v) is 17.4. The van der Waals surface area contributed by atoms with Crippen LogP contribution < -0.4 is 11.1 Å². The Labute approximate surface area is 176 Å². The average molecular weight is 402 g/mol. The summed E-state index contributed by atoms with van der Waals surface area (Å²) in [6.45, 7) is 4.55. The predicted molar refractivity (Wildman–Crippen MR) is 120 cm³/mol. The van der Waals surface area contributed by atoms with Crippen LogP contribution in [0.1, 0.15) is 32.9 Å². The SMILES string of the molecule is CC(=O)C1CCC(C2=Nc3c(-c4ccc5ccccc5c4)cnn3C(N)C2C)CN1. The first kappa shape index (κ1) is 19.2. The van der Waals surface area contributed by atoms with E-state index in [9.17, 15) is 4.79 Å². The Kier molecular flexibility index (Phi) is 4.76. The summed E-state index contributed by atoms with van der Waals surface area (Å²) in [5.74, 6) is 1.43. The molecule has 0 spiro atoms. The number of nitrogens with one attached hydrogen (secondary N) is 1. The van der Waals surface area contributed by atoms with E-state index in [0.29, 0.717) is 0 Å².